The van der Waals surface area contributed by atoms with Crippen LogP contribution < -0.4 is 14.8 Å². The van der Waals surface area contributed by atoms with Gasteiger partial charge in [-0.1, -0.05) is 43.5 Å². The van der Waals surface area contributed by atoms with Crippen LogP contribution >= 0.6 is 0 Å². The molecule has 1 saturated carbocycles. The molecule has 1 aliphatic heterocycles. The van der Waals surface area contributed by atoms with E-state index >= 15 is 0 Å². The van der Waals surface area contributed by atoms with Crippen molar-refractivity contribution in [2.24, 2.45) is 0 Å². The number of hydrogen-bond donors (Lipinski definition) is 1. The fourth-order valence-corrected chi connectivity index (χ4v) is 5.51. The van der Waals surface area contributed by atoms with Gasteiger partial charge >= 0.3 is 0 Å². The van der Waals surface area contributed by atoms with E-state index in [1.807, 2.05) is 6.07 Å². The van der Waals surface area contributed by atoms with E-state index in [2.05, 4.69) is 5.32 Å². The van der Waals surface area contributed by atoms with E-state index < -0.39 is 22.0 Å². The SMILES string of the molecule is CN(C1CCCCC1)S(=O)(=O)c1ccccc1NC(=O)C1COc2ccccc2O1. The van der Waals surface area contributed by atoms with E-state index in [4.69, 9.17) is 9.47 Å². The van der Waals surface area contributed by atoms with E-state index in [-0.39, 0.29) is 23.2 Å². The van der Waals surface area contributed by atoms with E-state index in [1.54, 1.807) is 43.4 Å². The number of carbonyl (C=O) groups excluding carboxylic acids is 1. The molecule has 1 aliphatic carbocycles. The lowest BCUT2D eigenvalue weighted by Gasteiger charge is -2.31. The van der Waals surface area contributed by atoms with Crippen LogP contribution in [0.5, 0.6) is 11.5 Å². The molecule has 0 radical (unpaired) electrons. The zero-order valence-electron chi connectivity index (χ0n) is 16.9. The van der Waals surface area contributed by atoms with E-state index in [0.29, 0.717) is 11.5 Å². The molecule has 2 aromatic carbocycles. The minimum Gasteiger partial charge on any atom is -0.485 e. The molecule has 2 aromatic rings. The lowest BCUT2D eigenvalue weighted by molar-refractivity contribution is -0.125. The van der Waals surface area contributed by atoms with Gasteiger partial charge in [0, 0.05) is 13.1 Å². The maximum atomic E-state index is 13.3. The van der Waals surface area contributed by atoms with Gasteiger partial charge in [0.1, 0.15) is 11.5 Å². The van der Waals surface area contributed by atoms with E-state index in [0.717, 1.165) is 32.1 Å². The molecule has 1 fully saturated rings. The number of benzene rings is 2. The van der Waals surface area contributed by atoms with Crippen molar-refractivity contribution in [1.29, 1.82) is 0 Å². The van der Waals surface area contributed by atoms with Crippen molar-refractivity contribution >= 4 is 21.6 Å². The van der Waals surface area contributed by atoms with Crippen molar-refractivity contribution in [2.45, 2.75) is 49.1 Å². The van der Waals surface area contributed by atoms with Crippen LogP contribution in [0.2, 0.25) is 0 Å². The van der Waals surface area contributed by atoms with Crippen LogP contribution in [0.15, 0.2) is 53.4 Å². The van der Waals surface area contributed by atoms with Crippen molar-refractivity contribution in [1.82, 2.24) is 4.31 Å². The van der Waals surface area contributed by atoms with Crippen LogP contribution in [0.25, 0.3) is 0 Å². The van der Waals surface area contributed by atoms with Crippen molar-refractivity contribution in [3.8, 4) is 11.5 Å². The van der Waals surface area contributed by atoms with Gasteiger partial charge in [0.15, 0.2) is 11.5 Å². The average molecular weight is 431 g/mol. The van der Waals surface area contributed by atoms with Gasteiger partial charge in [0.05, 0.1) is 5.69 Å². The van der Waals surface area contributed by atoms with Crippen molar-refractivity contribution in [3.05, 3.63) is 48.5 Å². The predicted molar refractivity (Wildman–Crippen MR) is 113 cm³/mol. The molecule has 1 atom stereocenters. The highest BCUT2D eigenvalue weighted by Crippen LogP contribution is 2.32. The number of amides is 1. The Hall–Kier alpha value is -2.58. The van der Waals surface area contributed by atoms with Gasteiger partial charge in [-0.15, -0.1) is 0 Å². The molecule has 4 rings (SSSR count). The summed E-state index contributed by atoms with van der Waals surface area (Å²) in [5.41, 5.74) is 0.243. The summed E-state index contributed by atoms with van der Waals surface area (Å²) in [5.74, 6) is 0.618. The Morgan fingerprint density at radius 3 is 2.43 bits per heavy atom. The highest BCUT2D eigenvalue weighted by Gasteiger charge is 2.32. The molecule has 1 unspecified atom stereocenters. The number of fused-ring (bicyclic) bond motifs is 1. The Balaban J connectivity index is 1.53. The molecular weight excluding hydrogens is 404 g/mol. The monoisotopic (exact) mass is 430 g/mol. The lowest BCUT2D eigenvalue weighted by atomic mass is 9.96. The van der Waals surface area contributed by atoms with Crippen LogP contribution in [0.1, 0.15) is 32.1 Å². The molecule has 30 heavy (non-hydrogen) atoms. The van der Waals surface area contributed by atoms with Crippen molar-refractivity contribution in [3.63, 3.8) is 0 Å². The Morgan fingerprint density at radius 2 is 1.67 bits per heavy atom. The van der Waals surface area contributed by atoms with Crippen LogP contribution in [-0.4, -0.2) is 44.4 Å². The molecular formula is C22H26N2O5S. The summed E-state index contributed by atoms with van der Waals surface area (Å²) in [5, 5.41) is 2.73. The van der Waals surface area contributed by atoms with Crippen molar-refractivity contribution in [2.75, 3.05) is 19.0 Å². The van der Waals surface area contributed by atoms with Gasteiger partial charge in [-0.05, 0) is 37.1 Å². The maximum Gasteiger partial charge on any atom is 0.269 e. The van der Waals surface area contributed by atoms with Gasteiger partial charge in [0.2, 0.25) is 16.1 Å². The van der Waals surface area contributed by atoms with Gasteiger partial charge in [-0.25, -0.2) is 8.42 Å². The Kier molecular flexibility index (Phi) is 5.97. The van der Waals surface area contributed by atoms with Gasteiger partial charge in [-0.3, -0.25) is 4.79 Å². The van der Waals surface area contributed by atoms with Crippen LogP contribution in [0, 0.1) is 0 Å². The third kappa shape index (κ3) is 4.15. The Labute approximate surface area is 177 Å². The second kappa shape index (κ2) is 8.65. The maximum absolute atomic E-state index is 13.3. The minimum atomic E-state index is -3.75. The molecule has 8 heteroatoms. The number of nitrogens with one attached hydrogen (secondary N) is 1. The lowest BCUT2D eigenvalue weighted by Crippen LogP contribution is -2.41. The molecule has 1 amide bonds. The van der Waals surface area contributed by atoms with Crippen LogP contribution in [0.4, 0.5) is 5.69 Å². The number of anilines is 1. The third-order valence-electron chi connectivity index (χ3n) is 5.69. The summed E-state index contributed by atoms with van der Waals surface area (Å²) in [6, 6.07) is 13.6. The van der Waals surface area contributed by atoms with Gasteiger partial charge in [-0.2, -0.15) is 4.31 Å². The second-order valence-corrected chi connectivity index (χ2v) is 9.63. The number of hydrogen-bond acceptors (Lipinski definition) is 5. The van der Waals surface area contributed by atoms with Crippen molar-refractivity contribution < 1.29 is 22.7 Å². The highest BCUT2D eigenvalue weighted by molar-refractivity contribution is 7.89. The third-order valence-corrected chi connectivity index (χ3v) is 7.66. The molecule has 2 aliphatic rings. The Morgan fingerprint density at radius 1 is 1.00 bits per heavy atom. The number of carbonyl (C=O) groups is 1. The zero-order chi connectivity index (χ0) is 21.1. The summed E-state index contributed by atoms with van der Waals surface area (Å²) in [6.45, 7) is 0.0553. The summed E-state index contributed by atoms with van der Waals surface area (Å²) in [4.78, 5) is 12.9. The summed E-state index contributed by atoms with van der Waals surface area (Å²) < 4.78 is 39.4. The fraction of sp³-hybridized carbons (Fsp3) is 0.409. The molecule has 0 aromatic heterocycles. The van der Waals surface area contributed by atoms with Crippen LogP contribution in [0.3, 0.4) is 0 Å². The van der Waals surface area contributed by atoms with Gasteiger partial charge < -0.3 is 14.8 Å². The first-order valence-corrected chi connectivity index (χ1v) is 11.7. The van der Waals surface area contributed by atoms with Crippen LogP contribution in [-0.2, 0) is 14.8 Å². The number of para-hydroxylation sites is 3. The first-order chi connectivity index (χ1) is 14.5. The zero-order valence-corrected chi connectivity index (χ0v) is 17.7. The largest absolute Gasteiger partial charge is 0.485 e. The molecule has 7 nitrogen and oxygen atoms in total. The predicted octanol–water partition coefficient (Wildman–Crippen LogP) is 3.42. The number of sulfonamides is 1. The first-order valence-electron chi connectivity index (χ1n) is 10.2. The molecule has 1 N–H and O–H groups in total. The topological polar surface area (TPSA) is 84.9 Å². The fourth-order valence-electron chi connectivity index (χ4n) is 3.95. The number of ether oxygens (including phenoxy) is 2. The summed E-state index contributed by atoms with van der Waals surface area (Å²) in [6.07, 6.45) is 4.05. The highest BCUT2D eigenvalue weighted by atomic mass is 32.2. The quantitative estimate of drug-likeness (QED) is 0.786. The normalized spacial score (nSPS) is 19.5. The summed E-state index contributed by atoms with van der Waals surface area (Å²) >= 11 is 0. The first kappa shape index (κ1) is 20.7. The molecule has 0 spiro atoms. The molecule has 160 valence electrons. The molecule has 1 heterocycles. The average Bonchev–Trinajstić information content (AvgIpc) is 2.79. The molecule has 0 bridgehead atoms. The van der Waals surface area contributed by atoms with Gasteiger partial charge in [0.25, 0.3) is 5.91 Å². The van der Waals surface area contributed by atoms with E-state index in [9.17, 15) is 13.2 Å². The second-order valence-electron chi connectivity index (χ2n) is 7.66. The van der Waals surface area contributed by atoms with E-state index in [1.165, 1.54) is 10.4 Å². The molecule has 0 saturated heterocycles. The smallest absolute Gasteiger partial charge is 0.269 e. The minimum absolute atomic E-state index is 0.0147. The number of rotatable bonds is 5. The summed E-state index contributed by atoms with van der Waals surface area (Å²) in [7, 11) is -2.12. The standard InChI is InChI=1S/C22H26N2O5S/c1-24(16-9-3-2-4-10-16)30(26,27)21-14-8-5-11-17(21)23-22(25)20-15-28-18-12-6-7-13-19(18)29-20/h5-8,11-14,16,20H,2-4,9-10,15H2,1H3,(H,23,25). The Bertz CT molecular complexity index is 1020. The number of nitrogens with zero attached hydrogens (tertiary/aromatic N) is 1.